The van der Waals surface area contributed by atoms with Gasteiger partial charge in [-0.25, -0.2) is 0 Å². The Bertz CT molecular complexity index is 1050. The van der Waals surface area contributed by atoms with Crippen molar-refractivity contribution in [3.8, 4) is 0 Å². The molecule has 3 unspecified atom stereocenters. The zero-order chi connectivity index (χ0) is 38.9. The number of aliphatic hydroxyl groups excluding tert-OH is 2. The molecule has 0 bridgehead atoms. The molecule has 3 N–H and O–H groups in total. The van der Waals surface area contributed by atoms with Crippen LogP contribution >= 0.6 is 0 Å². The fraction of sp³-hybridized carbons (Fsp3) is 0.660. The van der Waals surface area contributed by atoms with Crippen molar-refractivity contribution in [1.29, 1.82) is 0 Å². The lowest BCUT2D eigenvalue weighted by atomic mass is 10.0. The van der Waals surface area contributed by atoms with Gasteiger partial charge in [0.25, 0.3) is 0 Å². The molecule has 1 amide bonds. The summed E-state index contributed by atoms with van der Waals surface area (Å²) in [7, 11) is 0. The second-order valence-electron chi connectivity index (χ2n) is 14.1. The molecule has 6 nitrogen and oxygen atoms in total. The third kappa shape index (κ3) is 35.8. The topological polar surface area (TPSA) is 95.9 Å². The average Bonchev–Trinajstić information content (AvgIpc) is 3.15. The lowest BCUT2D eigenvalue weighted by molar-refractivity contribution is -0.150. The van der Waals surface area contributed by atoms with Gasteiger partial charge < -0.3 is 20.3 Å². The minimum Gasteiger partial charge on any atom is -0.461 e. The second-order valence-corrected chi connectivity index (χ2v) is 14.1. The predicted octanol–water partition coefficient (Wildman–Crippen LogP) is 12.1. The van der Waals surface area contributed by atoms with E-state index in [1.807, 2.05) is 54.7 Å². The summed E-state index contributed by atoms with van der Waals surface area (Å²) >= 11 is 0. The van der Waals surface area contributed by atoms with Gasteiger partial charge in [-0.2, -0.15) is 0 Å². The SMILES string of the molecule is CC/C=C/C=C/C=C\C=C/C=C/CC(CC(=O)NC(CO)C(O)CCCCCCCCCCC)OC(=O)CCCCCCCCC/C=C/C/C=C/CC. The van der Waals surface area contributed by atoms with Crippen LogP contribution in [0.4, 0.5) is 0 Å². The summed E-state index contributed by atoms with van der Waals surface area (Å²) in [5.74, 6) is -0.629. The van der Waals surface area contributed by atoms with Gasteiger partial charge in [0.1, 0.15) is 6.10 Å². The largest absolute Gasteiger partial charge is 0.461 e. The van der Waals surface area contributed by atoms with Crippen molar-refractivity contribution in [1.82, 2.24) is 5.32 Å². The average molecular weight is 738 g/mol. The fourth-order valence-electron chi connectivity index (χ4n) is 5.90. The molecule has 0 aliphatic rings. The summed E-state index contributed by atoms with van der Waals surface area (Å²) in [5, 5.41) is 23.5. The number of aliphatic hydroxyl groups is 2. The number of nitrogens with one attached hydrogen (secondary N) is 1. The Hall–Kier alpha value is -2.96. The highest BCUT2D eigenvalue weighted by atomic mass is 16.5. The van der Waals surface area contributed by atoms with Crippen LogP contribution in [0.5, 0.6) is 0 Å². The van der Waals surface area contributed by atoms with Crippen LogP contribution in [0.25, 0.3) is 0 Å². The second kappa shape index (κ2) is 40.2. The molecule has 302 valence electrons. The zero-order valence-corrected chi connectivity index (χ0v) is 34.1. The molecular formula is C47H79NO5. The van der Waals surface area contributed by atoms with Crippen molar-refractivity contribution in [2.75, 3.05) is 6.61 Å². The van der Waals surface area contributed by atoms with E-state index >= 15 is 0 Å². The van der Waals surface area contributed by atoms with E-state index in [1.165, 1.54) is 64.2 Å². The highest BCUT2D eigenvalue weighted by molar-refractivity contribution is 5.77. The third-order valence-corrected chi connectivity index (χ3v) is 9.10. The lowest BCUT2D eigenvalue weighted by Gasteiger charge is -2.24. The van der Waals surface area contributed by atoms with Crippen LogP contribution in [0.2, 0.25) is 0 Å². The molecule has 0 aromatic heterocycles. The maximum atomic E-state index is 13.0. The number of ether oxygens (including phenoxy) is 1. The van der Waals surface area contributed by atoms with E-state index in [2.05, 4.69) is 56.5 Å². The summed E-state index contributed by atoms with van der Waals surface area (Å²) in [6, 6.07) is -0.742. The first-order valence-corrected chi connectivity index (χ1v) is 21.4. The number of carbonyl (C=O) groups excluding carboxylic acids is 2. The Morgan fingerprint density at radius 1 is 0.604 bits per heavy atom. The van der Waals surface area contributed by atoms with Crippen molar-refractivity contribution < 1.29 is 24.5 Å². The van der Waals surface area contributed by atoms with Gasteiger partial charge >= 0.3 is 5.97 Å². The van der Waals surface area contributed by atoms with E-state index in [4.69, 9.17) is 4.74 Å². The quantitative estimate of drug-likeness (QED) is 0.0257. The van der Waals surface area contributed by atoms with E-state index in [1.54, 1.807) is 0 Å². The Kier molecular flexibility index (Phi) is 38.0. The maximum absolute atomic E-state index is 13.0. The normalized spacial score (nSPS) is 14.3. The summed E-state index contributed by atoms with van der Waals surface area (Å²) in [5.41, 5.74) is 0. The van der Waals surface area contributed by atoms with Crippen LogP contribution in [0, 0.1) is 0 Å². The number of allylic oxidation sites excluding steroid dienone is 13. The van der Waals surface area contributed by atoms with Gasteiger partial charge in [0.15, 0.2) is 0 Å². The van der Waals surface area contributed by atoms with Crippen LogP contribution in [-0.2, 0) is 14.3 Å². The van der Waals surface area contributed by atoms with Crippen molar-refractivity contribution >= 4 is 11.9 Å². The molecule has 0 spiro atoms. The standard InChI is InChI=1S/C47H79NO5/c1-4-7-10-13-16-19-21-22-23-25-28-31-34-37-40-47(52)53-43(38-35-32-29-27-24-20-17-14-11-8-5-2)41-46(51)48-44(42-49)45(50)39-36-33-30-26-18-15-12-9-6-3/h7-8,10-11,14,16-17,19-20,24,27,29,32,35,43-45,49-50H,4-6,9,12-13,15,18,21-23,25-26,28,30-31,33-34,36-42H2,1-3H3,(H,48,51)/b10-7+,11-8+,17-14+,19-16+,24-20-,29-27-,35-32+. The van der Waals surface area contributed by atoms with Crippen LogP contribution in [0.1, 0.15) is 175 Å². The van der Waals surface area contributed by atoms with Crippen molar-refractivity contribution in [3.05, 3.63) is 85.1 Å². The molecule has 0 fully saturated rings. The summed E-state index contributed by atoms with van der Waals surface area (Å²) < 4.78 is 5.80. The molecule has 0 radical (unpaired) electrons. The Balaban J connectivity index is 4.77. The van der Waals surface area contributed by atoms with Gasteiger partial charge in [-0.15, -0.1) is 0 Å². The smallest absolute Gasteiger partial charge is 0.306 e. The zero-order valence-electron chi connectivity index (χ0n) is 34.1. The molecule has 0 aromatic carbocycles. The summed E-state index contributed by atoms with van der Waals surface area (Å²) in [4.78, 5) is 25.8. The van der Waals surface area contributed by atoms with E-state index in [0.717, 1.165) is 64.2 Å². The van der Waals surface area contributed by atoms with E-state index in [9.17, 15) is 19.8 Å². The van der Waals surface area contributed by atoms with E-state index in [0.29, 0.717) is 19.3 Å². The highest BCUT2D eigenvalue weighted by Gasteiger charge is 2.23. The summed E-state index contributed by atoms with van der Waals surface area (Å²) in [6.45, 7) is 6.14. The predicted molar refractivity (Wildman–Crippen MR) is 227 cm³/mol. The first kappa shape index (κ1) is 50.0. The minimum atomic E-state index is -0.820. The molecule has 0 saturated carbocycles. The number of unbranched alkanes of at least 4 members (excludes halogenated alkanes) is 15. The molecule has 0 saturated heterocycles. The molecule has 0 heterocycles. The molecule has 0 aliphatic heterocycles. The Morgan fingerprint density at radius 2 is 1.13 bits per heavy atom. The maximum Gasteiger partial charge on any atom is 0.306 e. The Labute approximate surface area is 325 Å². The number of hydrogen-bond donors (Lipinski definition) is 3. The monoisotopic (exact) mass is 738 g/mol. The highest BCUT2D eigenvalue weighted by Crippen LogP contribution is 2.15. The summed E-state index contributed by atoms with van der Waals surface area (Å²) in [6.07, 6.45) is 51.0. The first-order chi connectivity index (χ1) is 26.0. The minimum absolute atomic E-state index is 0.0261. The number of rotatable bonds is 36. The number of hydrogen-bond acceptors (Lipinski definition) is 5. The van der Waals surface area contributed by atoms with Gasteiger partial charge in [0.2, 0.25) is 5.91 Å². The van der Waals surface area contributed by atoms with Crippen LogP contribution < -0.4 is 5.32 Å². The third-order valence-electron chi connectivity index (χ3n) is 9.10. The van der Waals surface area contributed by atoms with E-state index < -0.39 is 18.2 Å². The van der Waals surface area contributed by atoms with Crippen LogP contribution in [0.3, 0.4) is 0 Å². The molecule has 53 heavy (non-hydrogen) atoms. The van der Waals surface area contributed by atoms with Gasteiger partial charge in [-0.1, -0.05) is 196 Å². The molecule has 0 aromatic rings. The number of carbonyl (C=O) groups is 2. The van der Waals surface area contributed by atoms with Gasteiger partial charge in [0, 0.05) is 12.8 Å². The van der Waals surface area contributed by atoms with Crippen molar-refractivity contribution in [2.24, 2.45) is 0 Å². The van der Waals surface area contributed by atoms with Gasteiger partial charge in [-0.3, -0.25) is 9.59 Å². The van der Waals surface area contributed by atoms with Gasteiger partial charge in [-0.05, 0) is 44.9 Å². The number of amides is 1. The van der Waals surface area contributed by atoms with Crippen molar-refractivity contribution in [2.45, 2.75) is 193 Å². The van der Waals surface area contributed by atoms with Crippen LogP contribution in [0.15, 0.2) is 85.1 Å². The molecule has 3 atom stereocenters. The van der Waals surface area contributed by atoms with Crippen molar-refractivity contribution in [3.63, 3.8) is 0 Å². The van der Waals surface area contributed by atoms with Crippen LogP contribution in [-0.4, -0.2) is 46.9 Å². The lowest BCUT2D eigenvalue weighted by Crippen LogP contribution is -2.46. The number of esters is 1. The Morgan fingerprint density at radius 3 is 1.74 bits per heavy atom. The fourth-order valence-corrected chi connectivity index (χ4v) is 5.90. The molecule has 0 rings (SSSR count). The van der Waals surface area contributed by atoms with E-state index in [-0.39, 0.29) is 24.9 Å². The van der Waals surface area contributed by atoms with Gasteiger partial charge in [0.05, 0.1) is 25.2 Å². The molecule has 6 heteroatoms. The molecular weight excluding hydrogens is 659 g/mol. The molecule has 0 aliphatic carbocycles. The first-order valence-electron chi connectivity index (χ1n) is 21.4.